The van der Waals surface area contributed by atoms with Crippen molar-refractivity contribution in [3.05, 3.63) is 33.3 Å². The Hall–Kier alpha value is -0.560. The Kier molecular flexibility index (Phi) is 3.77. The largest absolute Gasteiger partial charge is 0.387 e. The predicted molar refractivity (Wildman–Crippen MR) is 63.5 cm³/mol. The molecule has 0 spiro atoms. The number of nitriles is 1. The fourth-order valence-electron chi connectivity index (χ4n) is 1.16. The summed E-state index contributed by atoms with van der Waals surface area (Å²) in [6, 6.07) is 7.21. The lowest BCUT2D eigenvalue weighted by Crippen LogP contribution is -2.19. The van der Waals surface area contributed by atoms with Crippen molar-refractivity contribution in [3.8, 4) is 6.07 Å². The first-order valence-electron chi connectivity index (χ1n) is 4.43. The summed E-state index contributed by atoms with van der Waals surface area (Å²) in [6.07, 6.45) is -0.823. The summed E-state index contributed by atoms with van der Waals surface area (Å²) in [4.78, 5) is 0. The van der Waals surface area contributed by atoms with Gasteiger partial charge in [0.25, 0.3) is 0 Å². The predicted octanol–water partition coefficient (Wildman–Crippen LogP) is 3.69. The molecule has 0 bridgehead atoms. The molecule has 1 aromatic carbocycles. The quantitative estimate of drug-likeness (QED) is 0.902. The molecule has 0 radical (unpaired) electrons. The van der Waals surface area contributed by atoms with E-state index in [1.165, 1.54) is 0 Å². The van der Waals surface area contributed by atoms with E-state index in [0.717, 1.165) is 4.47 Å². The number of benzene rings is 1. The maximum absolute atomic E-state index is 9.98. The average molecular weight is 289 g/mol. The van der Waals surface area contributed by atoms with Crippen LogP contribution in [0, 0.1) is 16.7 Å². The first kappa shape index (κ1) is 12.5. The molecule has 0 heterocycles. The molecule has 0 amide bonds. The first-order valence-corrected chi connectivity index (χ1v) is 5.60. The van der Waals surface area contributed by atoms with Crippen LogP contribution in [0.15, 0.2) is 22.7 Å². The fraction of sp³-hybridized carbons (Fsp3) is 0.364. The van der Waals surface area contributed by atoms with Crippen molar-refractivity contribution in [2.24, 2.45) is 5.41 Å². The summed E-state index contributed by atoms with van der Waals surface area (Å²) in [6.45, 7) is 3.39. The highest BCUT2D eigenvalue weighted by Gasteiger charge is 2.29. The highest BCUT2D eigenvalue weighted by atomic mass is 79.9. The second kappa shape index (κ2) is 4.52. The normalized spacial score (nSPS) is 13.3. The van der Waals surface area contributed by atoms with E-state index in [0.29, 0.717) is 10.6 Å². The average Bonchev–Trinajstić information content (AvgIpc) is 2.21. The van der Waals surface area contributed by atoms with Gasteiger partial charge in [-0.1, -0.05) is 17.7 Å². The van der Waals surface area contributed by atoms with Crippen molar-refractivity contribution in [1.82, 2.24) is 0 Å². The lowest BCUT2D eigenvalue weighted by atomic mass is 9.84. The van der Waals surface area contributed by atoms with Gasteiger partial charge in [0.05, 0.1) is 22.6 Å². The maximum Gasteiger partial charge on any atom is 0.0971 e. The number of hydrogen-bond acceptors (Lipinski definition) is 2. The highest BCUT2D eigenvalue weighted by Crippen LogP contribution is 2.35. The second-order valence-electron chi connectivity index (χ2n) is 3.91. The zero-order chi connectivity index (χ0) is 11.6. The van der Waals surface area contributed by atoms with Crippen molar-refractivity contribution in [3.63, 3.8) is 0 Å². The number of hydrogen-bond donors (Lipinski definition) is 1. The van der Waals surface area contributed by atoms with Gasteiger partial charge in [-0.25, -0.2) is 0 Å². The van der Waals surface area contributed by atoms with E-state index in [-0.39, 0.29) is 0 Å². The summed E-state index contributed by atoms with van der Waals surface area (Å²) in [5.74, 6) is 0. The van der Waals surface area contributed by atoms with Gasteiger partial charge in [0, 0.05) is 4.47 Å². The molecule has 0 aliphatic carbocycles. The molecule has 4 heteroatoms. The molecule has 0 saturated heterocycles. The lowest BCUT2D eigenvalue weighted by Gasteiger charge is -2.23. The molecule has 1 rings (SSSR count). The Morgan fingerprint density at radius 2 is 2.13 bits per heavy atom. The van der Waals surface area contributed by atoms with Gasteiger partial charge in [0.15, 0.2) is 0 Å². The van der Waals surface area contributed by atoms with Crippen LogP contribution in [0.1, 0.15) is 25.5 Å². The summed E-state index contributed by atoms with van der Waals surface area (Å²) in [5, 5.41) is 19.5. The van der Waals surface area contributed by atoms with Crippen LogP contribution in [0.5, 0.6) is 0 Å². The van der Waals surface area contributed by atoms with E-state index >= 15 is 0 Å². The van der Waals surface area contributed by atoms with Gasteiger partial charge in [-0.15, -0.1) is 0 Å². The fourth-order valence-corrected chi connectivity index (χ4v) is 1.67. The summed E-state index contributed by atoms with van der Waals surface area (Å²) >= 11 is 9.12. The van der Waals surface area contributed by atoms with E-state index in [1.54, 1.807) is 32.0 Å². The summed E-state index contributed by atoms with van der Waals surface area (Å²) in [5.41, 5.74) is -0.134. The van der Waals surface area contributed by atoms with E-state index in [1.807, 2.05) is 0 Å². The van der Waals surface area contributed by atoms with Crippen LogP contribution in [-0.4, -0.2) is 5.11 Å². The third kappa shape index (κ3) is 2.72. The van der Waals surface area contributed by atoms with E-state index < -0.39 is 11.5 Å². The summed E-state index contributed by atoms with van der Waals surface area (Å²) in [7, 11) is 0. The molecule has 0 aromatic heterocycles. The first-order chi connectivity index (χ1) is 6.88. The van der Waals surface area contributed by atoms with Gasteiger partial charge in [-0.3, -0.25) is 0 Å². The van der Waals surface area contributed by atoms with Crippen molar-refractivity contribution in [2.75, 3.05) is 0 Å². The van der Waals surface area contributed by atoms with Crippen LogP contribution < -0.4 is 0 Å². The molecule has 0 aliphatic heterocycles. The van der Waals surface area contributed by atoms with E-state index in [9.17, 15) is 5.11 Å². The molecular weight excluding hydrogens is 277 g/mol. The number of nitrogens with zero attached hydrogens (tertiary/aromatic N) is 1. The summed E-state index contributed by atoms with van der Waals surface area (Å²) < 4.78 is 0.717. The monoisotopic (exact) mass is 287 g/mol. The number of rotatable bonds is 2. The second-order valence-corrected chi connectivity index (χ2v) is 5.17. The number of aliphatic hydroxyl groups is 1. The third-order valence-corrected chi connectivity index (χ3v) is 3.45. The molecule has 0 saturated carbocycles. The molecule has 80 valence electrons. The molecule has 1 aromatic rings. The molecule has 1 unspecified atom stereocenters. The third-order valence-electron chi connectivity index (χ3n) is 2.23. The molecule has 1 N–H and O–H groups in total. The van der Waals surface area contributed by atoms with Gasteiger partial charge < -0.3 is 5.11 Å². The van der Waals surface area contributed by atoms with Crippen LogP contribution in [0.25, 0.3) is 0 Å². The van der Waals surface area contributed by atoms with Gasteiger partial charge in [-0.05, 0) is 47.5 Å². The van der Waals surface area contributed by atoms with Crippen LogP contribution in [0.4, 0.5) is 0 Å². The lowest BCUT2D eigenvalue weighted by molar-refractivity contribution is 0.0867. The number of halogens is 2. The van der Waals surface area contributed by atoms with Crippen molar-refractivity contribution in [2.45, 2.75) is 20.0 Å². The van der Waals surface area contributed by atoms with Crippen LogP contribution in [-0.2, 0) is 0 Å². The van der Waals surface area contributed by atoms with Crippen LogP contribution >= 0.6 is 27.5 Å². The Morgan fingerprint density at radius 1 is 1.53 bits per heavy atom. The zero-order valence-electron chi connectivity index (χ0n) is 8.46. The Bertz CT molecular complexity index is 412. The van der Waals surface area contributed by atoms with Crippen LogP contribution in [0.3, 0.4) is 0 Å². The minimum absolute atomic E-state index is 0.584. The maximum atomic E-state index is 9.98. The van der Waals surface area contributed by atoms with Gasteiger partial charge in [-0.2, -0.15) is 5.26 Å². The molecule has 1 atom stereocenters. The topological polar surface area (TPSA) is 44.0 Å². The number of aliphatic hydroxyl groups excluding tert-OH is 1. The van der Waals surface area contributed by atoms with Crippen molar-refractivity contribution >= 4 is 27.5 Å². The van der Waals surface area contributed by atoms with Gasteiger partial charge >= 0.3 is 0 Å². The van der Waals surface area contributed by atoms with Crippen molar-refractivity contribution < 1.29 is 5.11 Å². The van der Waals surface area contributed by atoms with Gasteiger partial charge in [0.1, 0.15) is 0 Å². The minimum Gasteiger partial charge on any atom is -0.387 e. The zero-order valence-corrected chi connectivity index (χ0v) is 10.8. The molecular formula is C11H11BrClNO. The molecule has 0 aliphatic rings. The minimum atomic E-state index is -0.823. The Balaban J connectivity index is 3.08. The molecule has 15 heavy (non-hydrogen) atoms. The Morgan fingerprint density at radius 3 is 2.60 bits per heavy atom. The smallest absolute Gasteiger partial charge is 0.0971 e. The van der Waals surface area contributed by atoms with Gasteiger partial charge in [0.2, 0.25) is 0 Å². The SMILES string of the molecule is CC(C)(C#N)C(O)c1ccc(Cl)c(Br)c1. The standard InChI is InChI=1S/C11H11BrClNO/c1-11(2,6-14)10(15)7-3-4-9(13)8(12)5-7/h3-5,10,15H,1-2H3. The van der Waals surface area contributed by atoms with E-state index in [4.69, 9.17) is 16.9 Å². The van der Waals surface area contributed by atoms with Crippen LogP contribution in [0.2, 0.25) is 5.02 Å². The molecule has 2 nitrogen and oxygen atoms in total. The van der Waals surface area contributed by atoms with Crippen molar-refractivity contribution in [1.29, 1.82) is 5.26 Å². The highest BCUT2D eigenvalue weighted by molar-refractivity contribution is 9.10. The van der Waals surface area contributed by atoms with E-state index in [2.05, 4.69) is 22.0 Å². The molecule has 0 fully saturated rings. The Labute approximate surface area is 103 Å².